The van der Waals surface area contributed by atoms with E-state index in [9.17, 15) is 0 Å². The molecular formula is C17H15ClN6S2. The van der Waals surface area contributed by atoms with Gasteiger partial charge in [-0.2, -0.15) is 0 Å². The molecule has 1 aromatic carbocycles. The number of rotatable bonds is 4. The van der Waals surface area contributed by atoms with Crippen molar-refractivity contribution >= 4 is 57.9 Å². The number of aromatic nitrogens is 3. The zero-order valence-electron chi connectivity index (χ0n) is 13.7. The van der Waals surface area contributed by atoms with Crippen LogP contribution >= 0.6 is 35.6 Å². The first-order valence-electron chi connectivity index (χ1n) is 7.52. The van der Waals surface area contributed by atoms with E-state index in [1.165, 1.54) is 11.8 Å². The van der Waals surface area contributed by atoms with E-state index in [1.54, 1.807) is 12.4 Å². The molecule has 0 unspecified atom stereocenters. The smallest absolute Gasteiger partial charge is 0.175 e. The topological polar surface area (TPSA) is 88.8 Å². The Hall–Kier alpha value is -2.42. The predicted molar refractivity (Wildman–Crippen MR) is 113 cm³/mol. The van der Waals surface area contributed by atoms with E-state index < -0.39 is 0 Å². The van der Waals surface area contributed by atoms with E-state index in [0.29, 0.717) is 26.8 Å². The molecule has 4 N–H and O–H groups in total. The number of pyridine rings is 1. The van der Waals surface area contributed by atoms with Gasteiger partial charge in [-0.15, -0.1) is 11.8 Å². The van der Waals surface area contributed by atoms with Crippen LogP contribution in [0.4, 0.5) is 17.2 Å². The van der Waals surface area contributed by atoms with Gasteiger partial charge in [0.15, 0.2) is 10.9 Å². The van der Waals surface area contributed by atoms with Crippen molar-refractivity contribution in [3.8, 4) is 11.4 Å². The highest BCUT2D eigenvalue weighted by Gasteiger charge is 2.11. The van der Waals surface area contributed by atoms with Gasteiger partial charge in [0.25, 0.3) is 0 Å². The summed E-state index contributed by atoms with van der Waals surface area (Å²) < 4.78 is 0. The second-order valence-electron chi connectivity index (χ2n) is 5.15. The van der Waals surface area contributed by atoms with Crippen LogP contribution in [-0.2, 0) is 0 Å². The number of hydrogen-bond donors (Lipinski definition) is 3. The number of halogens is 1. The number of benzene rings is 1. The second-order valence-corrected chi connectivity index (χ2v) is 6.74. The standard InChI is InChI=1S/C17H15ClN6S2/c1-26-13-14(18)23-16(24-15(13)19)10-4-6-11(7-5-10)21-17(25)22-12-3-2-8-20-9-12/h2-9H,1H3,(H2,19,23,24)(H2,21,22,25). The molecule has 132 valence electrons. The molecule has 0 saturated carbocycles. The van der Waals surface area contributed by atoms with Crippen molar-refractivity contribution in [3.05, 3.63) is 53.9 Å². The maximum Gasteiger partial charge on any atom is 0.175 e. The Morgan fingerprint density at radius 3 is 2.46 bits per heavy atom. The van der Waals surface area contributed by atoms with E-state index in [4.69, 9.17) is 29.6 Å². The molecule has 0 saturated heterocycles. The van der Waals surface area contributed by atoms with E-state index in [0.717, 1.165) is 16.9 Å². The van der Waals surface area contributed by atoms with Gasteiger partial charge in [0.05, 0.1) is 16.8 Å². The first-order chi connectivity index (χ1) is 12.6. The summed E-state index contributed by atoms with van der Waals surface area (Å²) in [7, 11) is 0. The normalized spacial score (nSPS) is 10.4. The van der Waals surface area contributed by atoms with E-state index in [-0.39, 0.29) is 0 Å². The minimum atomic E-state index is 0.351. The quantitative estimate of drug-likeness (QED) is 0.338. The number of nitrogens with one attached hydrogen (secondary N) is 2. The average Bonchev–Trinajstić information content (AvgIpc) is 2.63. The third-order valence-corrected chi connectivity index (χ3v) is 4.78. The van der Waals surface area contributed by atoms with Gasteiger partial charge in [0.1, 0.15) is 11.0 Å². The van der Waals surface area contributed by atoms with Crippen LogP contribution in [0.15, 0.2) is 53.7 Å². The molecule has 0 aliphatic rings. The molecule has 3 aromatic rings. The lowest BCUT2D eigenvalue weighted by Crippen LogP contribution is -2.19. The lowest BCUT2D eigenvalue weighted by Gasteiger charge is -2.11. The Morgan fingerprint density at radius 2 is 1.85 bits per heavy atom. The fourth-order valence-corrected chi connectivity index (χ4v) is 3.30. The summed E-state index contributed by atoms with van der Waals surface area (Å²) in [6.45, 7) is 0. The minimum absolute atomic E-state index is 0.351. The van der Waals surface area contributed by atoms with Crippen molar-refractivity contribution < 1.29 is 0 Å². The van der Waals surface area contributed by atoms with Crippen LogP contribution in [0, 0.1) is 0 Å². The lowest BCUT2D eigenvalue weighted by molar-refractivity contribution is 1.12. The van der Waals surface area contributed by atoms with Gasteiger partial charge in [-0.1, -0.05) is 11.6 Å². The molecule has 3 rings (SSSR count). The van der Waals surface area contributed by atoms with Crippen molar-refractivity contribution in [1.29, 1.82) is 0 Å². The molecular weight excluding hydrogens is 388 g/mol. The zero-order chi connectivity index (χ0) is 18.5. The summed E-state index contributed by atoms with van der Waals surface area (Å²) in [5, 5.41) is 6.99. The molecule has 0 radical (unpaired) electrons. The first kappa shape index (κ1) is 18.4. The van der Waals surface area contributed by atoms with Gasteiger partial charge in [-0.25, -0.2) is 9.97 Å². The van der Waals surface area contributed by atoms with Gasteiger partial charge in [-0.05, 0) is 54.9 Å². The maximum atomic E-state index is 6.17. The number of nitrogens with two attached hydrogens (primary N) is 1. The second kappa shape index (κ2) is 8.31. The Balaban J connectivity index is 1.71. The van der Waals surface area contributed by atoms with Gasteiger partial charge in [-0.3, -0.25) is 4.98 Å². The van der Waals surface area contributed by atoms with E-state index in [2.05, 4.69) is 25.6 Å². The fraction of sp³-hybridized carbons (Fsp3) is 0.0588. The van der Waals surface area contributed by atoms with Gasteiger partial charge in [0, 0.05) is 17.4 Å². The van der Waals surface area contributed by atoms with Crippen molar-refractivity contribution in [1.82, 2.24) is 15.0 Å². The summed E-state index contributed by atoms with van der Waals surface area (Å²) in [6.07, 6.45) is 5.28. The third kappa shape index (κ3) is 4.40. The van der Waals surface area contributed by atoms with Crippen molar-refractivity contribution in [2.24, 2.45) is 0 Å². The summed E-state index contributed by atoms with van der Waals surface area (Å²) in [4.78, 5) is 13.3. The average molecular weight is 403 g/mol. The Labute approximate surface area is 165 Å². The summed E-state index contributed by atoms with van der Waals surface area (Å²) in [5.41, 5.74) is 8.39. The molecule has 26 heavy (non-hydrogen) atoms. The summed E-state index contributed by atoms with van der Waals surface area (Å²) in [6, 6.07) is 11.2. The third-order valence-electron chi connectivity index (χ3n) is 3.37. The number of nitrogen functional groups attached to an aromatic ring is 1. The van der Waals surface area contributed by atoms with Crippen LogP contribution in [0.25, 0.3) is 11.4 Å². The summed E-state index contributed by atoms with van der Waals surface area (Å²) >= 11 is 12.9. The summed E-state index contributed by atoms with van der Waals surface area (Å²) in [5.74, 6) is 0.851. The fourth-order valence-electron chi connectivity index (χ4n) is 2.19. The van der Waals surface area contributed by atoms with Crippen LogP contribution in [-0.4, -0.2) is 26.3 Å². The van der Waals surface area contributed by atoms with E-state index >= 15 is 0 Å². The highest BCUT2D eigenvalue weighted by Crippen LogP contribution is 2.30. The lowest BCUT2D eigenvalue weighted by atomic mass is 10.2. The van der Waals surface area contributed by atoms with Crippen LogP contribution in [0.2, 0.25) is 5.15 Å². The van der Waals surface area contributed by atoms with Crippen molar-refractivity contribution in [2.75, 3.05) is 22.6 Å². The Bertz CT molecular complexity index is 895. The molecule has 0 aliphatic heterocycles. The molecule has 0 aliphatic carbocycles. The minimum Gasteiger partial charge on any atom is -0.383 e. The molecule has 2 aromatic heterocycles. The monoisotopic (exact) mass is 402 g/mol. The maximum absolute atomic E-state index is 6.17. The van der Waals surface area contributed by atoms with E-state index in [1.807, 2.05) is 42.7 Å². The van der Waals surface area contributed by atoms with Crippen LogP contribution < -0.4 is 16.4 Å². The highest BCUT2D eigenvalue weighted by molar-refractivity contribution is 7.98. The molecule has 0 atom stereocenters. The SMILES string of the molecule is CSc1c(N)nc(-c2ccc(NC(=S)Nc3cccnc3)cc2)nc1Cl. The predicted octanol–water partition coefficient (Wildman–Crippen LogP) is 4.31. The molecule has 9 heteroatoms. The Kier molecular flexibility index (Phi) is 5.87. The van der Waals surface area contributed by atoms with Gasteiger partial charge < -0.3 is 16.4 Å². The first-order valence-corrected chi connectivity index (χ1v) is 9.53. The number of nitrogens with zero attached hydrogens (tertiary/aromatic N) is 3. The highest BCUT2D eigenvalue weighted by atomic mass is 35.5. The molecule has 0 spiro atoms. The van der Waals surface area contributed by atoms with Gasteiger partial charge >= 0.3 is 0 Å². The van der Waals surface area contributed by atoms with Crippen LogP contribution in [0.5, 0.6) is 0 Å². The van der Waals surface area contributed by atoms with Crippen molar-refractivity contribution in [2.45, 2.75) is 4.90 Å². The molecule has 2 heterocycles. The van der Waals surface area contributed by atoms with Gasteiger partial charge in [0.2, 0.25) is 0 Å². The largest absolute Gasteiger partial charge is 0.383 e. The van der Waals surface area contributed by atoms with Crippen LogP contribution in [0.3, 0.4) is 0 Å². The molecule has 0 fully saturated rings. The van der Waals surface area contributed by atoms with Crippen LogP contribution in [0.1, 0.15) is 0 Å². The number of thioether (sulfide) groups is 1. The molecule has 0 amide bonds. The van der Waals surface area contributed by atoms with Crippen molar-refractivity contribution in [3.63, 3.8) is 0 Å². The Morgan fingerprint density at radius 1 is 1.12 bits per heavy atom. The number of anilines is 3. The molecule has 6 nitrogen and oxygen atoms in total. The number of thiocarbonyl (C=S) groups is 1. The zero-order valence-corrected chi connectivity index (χ0v) is 16.1. The number of hydrogen-bond acceptors (Lipinski definition) is 6. The molecule has 0 bridgehead atoms.